The van der Waals surface area contributed by atoms with E-state index in [9.17, 15) is 14.4 Å². The Hall–Kier alpha value is -3.09. The number of carbonyl (C=O) groups is 3. The summed E-state index contributed by atoms with van der Waals surface area (Å²) in [6, 6.07) is 4.88. The highest BCUT2D eigenvalue weighted by molar-refractivity contribution is 6.06. The standard InChI is InChI=1S/C20H23NO6/c1-10-16(12(3)22)11(2)21-18(10)19(23)13(4)27-20(24)17-14(25-5)8-7-9-15(17)26-6/h7-9,13,21H,1-6H3/t13-/m1/s1. The summed E-state index contributed by atoms with van der Waals surface area (Å²) in [5.74, 6) is -0.735. The van der Waals surface area contributed by atoms with E-state index in [2.05, 4.69) is 4.98 Å². The Kier molecular flexibility index (Phi) is 6.05. The van der Waals surface area contributed by atoms with E-state index in [1.165, 1.54) is 28.1 Å². The van der Waals surface area contributed by atoms with E-state index in [1.807, 2.05) is 0 Å². The number of aromatic amines is 1. The van der Waals surface area contributed by atoms with Crippen molar-refractivity contribution in [3.05, 3.63) is 46.3 Å². The Morgan fingerprint density at radius 1 is 1.00 bits per heavy atom. The molecule has 0 saturated heterocycles. The Morgan fingerprint density at radius 2 is 1.56 bits per heavy atom. The molecule has 0 aliphatic carbocycles. The molecular formula is C20H23NO6. The summed E-state index contributed by atoms with van der Waals surface area (Å²) in [6.07, 6.45) is -1.07. The quantitative estimate of drug-likeness (QED) is 0.591. The lowest BCUT2D eigenvalue weighted by Crippen LogP contribution is -2.26. The number of aromatic nitrogens is 1. The molecule has 0 bridgehead atoms. The van der Waals surface area contributed by atoms with Crippen LogP contribution in [0, 0.1) is 13.8 Å². The van der Waals surface area contributed by atoms with Crippen LogP contribution in [0.2, 0.25) is 0 Å². The normalized spacial score (nSPS) is 11.6. The molecule has 7 nitrogen and oxygen atoms in total. The maximum atomic E-state index is 12.7. The second-order valence-corrected chi connectivity index (χ2v) is 6.13. The molecule has 0 spiro atoms. The number of aryl methyl sites for hydroxylation is 1. The number of carbonyl (C=O) groups excluding carboxylic acids is 3. The van der Waals surface area contributed by atoms with Gasteiger partial charge in [0.25, 0.3) is 0 Å². The highest BCUT2D eigenvalue weighted by Gasteiger charge is 2.28. The number of hydrogen-bond donors (Lipinski definition) is 1. The van der Waals surface area contributed by atoms with Gasteiger partial charge in [0.2, 0.25) is 5.78 Å². The van der Waals surface area contributed by atoms with Crippen molar-refractivity contribution in [2.45, 2.75) is 33.8 Å². The van der Waals surface area contributed by atoms with Gasteiger partial charge in [0.05, 0.1) is 19.9 Å². The van der Waals surface area contributed by atoms with Crippen molar-refractivity contribution in [3.8, 4) is 11.5 Å². The molecule has 1 aromatic carbocycles. The number of methoxy groups -OCH3 is 2. The van der Waals surface area contributed by atoms with Crippen LogP contribution in [0.25, 0.3) is 0 Å². The van der Waals surface area contributed by atoms with Crippen molar-refractivity contribution in [2.75, 3.05) is 14.2 Å². The van der Waals surface area contributed by atoms with E-state index in [1.54, 1.807) is 32.0 Å². The lowest BCUT2D eigenvalue weighted by atomic mass is 10.0. The number of esters is 1. The highest BCUT2D eigenvalue weighted by atomic mass is 16.6. The first-order valence-corrected chi connectivity index (χ1v) is 8.39. The lowest BCUT2D eigenvalue weighted by molar-refractivity contribution is 0.0311. The van der Waals surface area contributed by atoms with E-state index >= 15 is 0 Å². The van der Waals surface area contributed by atoms with Crippen LogP contribution in [0.1, 0.15) is 56.3 Å². The molecule has 7 heteroatoms. The predicted octanol–water partition coefficient (Wildman–Crippen LogP) is 3.28. The van der Waals surface area contributed by atoms with Gasteiger partial charge in [-0.1, -0.05) is 6.07 Å². The van der Waals surface area contributed by atoms with Crippen molar-refractivity contribution in [1.29, 1.82) is 0 Å². The van der Waals surface area contributed by atoms with E-state index in [4.69, 9.17) is 14.2 Å². The number of ether oxygens (including phenoxy) is 3. The molecular weight excluding hydrogens is 350 g/mol. The molecule has 0 saturated carbocycles. The summed E-state index contributed by atoms with van der Waals surface area (Å²) in [5.41, 5.74) is 1.98. The van der Waals surface area contributed by atoms with Crippen LogP contribution in [0.3, 0.4) is 0 Å². The molecule has 0 fully saturated rings. The van der Waals surface area contributed by atoms with E-state index in [0.29, 0.717) is 16.8 Å². The van der Waals surface area contributed by atoms with Crippen LogP contribution in [0.15, 0.2) is 18.2 Å². The molecule has 0 amide bonds. The summed E-state index contributed by atoms with van der Waals surface area (Å²) >= 11 is 0. The van der Waals surface area contributed by atoms with Crippen molar-refractivity contribution >= 4 is 17.5 Å². The van der Waals surface area contributed by atoms with E-state index < -0.39 is 17.9 Å². The number of ketones is 2. The van der Waals surface area contributed by atoms with Gasteiger partial charge in [-0.3, -0.25) is 9.59 Å². The maximum absolute atomic E-state index is 12.7. The third-order valence-electron chi connectivity index (χ3n) is 4.32. The van der Waals surface area contributed by atoms with Crippen LogP contribution in [0.4, 0.5) is 0 Å². The van der Waals surface area contributed by atoms with Gasteiger partial charge in [-0.25, -0.2) is 4.79 Å². The van der Waals surface area contributed by atoms with E-state index in [-0.39, 0.29) is 28.5 Å². The van der Waals surface area contributed by atoms with Crippen molar-refractivity contribution in [3.63, 3.8) is 0 Å². The fourth-order valence-corrected chi connectivity index (χ4v) is 3.05. The minimum Gasteiger partial charge on any atom is -0.496 e. The fraction of sp³-hybridized carbons (Fsp3) is 0.350. The minimum atomic E-state index is -1.07. The Bertz CT molecular complexity index is 874. The Labute approximate surface area is 157 Å². The molecule has 0 aliphatic rings. The second kappa shape index (κ2) is 8.07. The average molecular weight is 373 g/mol. The number of H-pyrrole nitrogens is 1. The zero-order chi connectivity index (χ0) is 20.3. The van der Waals surface area contributed by atoms with Gasteiger partial charge in [-0.15, -0.1) is 0 Å². The topological polar surface area (TPSA) is 94.7 Å². The zero-order valence-electron chi connectivity index (χ0n) is 16.3. The van der Waals surface area contributed by atoms with Crippen molar-refractivity contribution in [2.24, 2.45) is 0 Å². The van der Waals surface area contributed by atoms with Gasteiger partial charge in [0.1, 0.15) is 17.1 Å². The summed E-state index contributed by atoms with van der Waals surface area (Å²) < 4.78 is 15.7. The summed E-state index contributed by atoms with van der Waals surface area (Å²) in [5, 5.41) is 0. The molecule has 2 rings (SSSR count). The molecule has 1 heterocycles. The number of benzene rings is 1. The van der Waals surface area contributed by atoms with Crippen LogP contribution >= 0.6 is 0 Å². The fourth-order valence-electron chi connectivity index (χ4n) is 3.05. The number of rotatable bonds is 7. The Balaban J connectivity index is 2.29. The average Bonchev–Trinajstić information content (AvgIpc) is 2.94. The van der Waals surface area contributed by atoms with E-state index in [0.717, 1.165) is 0 Å². The summed E-state index contributed by atoms with van der Waals surface area (Å²) in [4.78, 5) is 40.0. The lowest BCUT2D eigenvalue weighted by Gasteiger charge is -2.15. The van der Waals surface area contributed by atoms with Crippen molar-refractivity contribution in [1.82, 2.24) is 4.98 Å². The largest absolute Gasteiger partial charge is 0.496 e. The van der Waals surface area contributed by atoms with Crippen LogP contribution < -0.4 is 9.47 Å². The molecule has 144 valence electrons. The first-order valence-electron chi connectivity index (χ1n) is 8.39. The number of nitrogens with one attached hydrogen (secondary N) is 1. The zero-order valence-corrected chi connectivity index (χ0v) is 16.3. The molecule has 2 aromatic rings. The first-order chi connectivity index (χ1) is 12.7. The van der Waals surface area contributed by atoms with Crippen LogP contribution in [-0.4, -0.2) is 42.8 Å². The minimum absolute atomic E-state index is 0.103. The molecule has 0 radical (unpaired) electrons. The molecule has 0 unspecified atom stereocenters. The van der Waals surface area contributed by atoms with Gasteiger partial charge < -0.3 is 19.2 Å². The molecule has 27 heavy (non-hydrogen) atoms. The number of hydrogen-bond acceptors (Lipinski definition) is 6. The SMILES string of the molecule is COc1cccc(OC)c1C(=O)O[C@H](C)C(=O)c1[nH]c(C)c(C(C)=O)c1C. The summed E-state index contributed by atoms with van der Waals surface area (Å²) in [7, 11) is 2.85. The molecule has 1 atom stereocenters. The van der Waals surface area contributed by atoms with Gasteiger partial charge >= 0.3 is 5.97 Å². The predicted molar refractivity (Wildman–Crippen MR) is 99.0 cm³/mol. The highest BCUT2D eigenvalue weighted by Crippen LogP contribution is 2.29. The van der Waals surface area contributed by atoms with Gasteiger partial charge in [-0.05, 0) is 45.4 Å². The second-order valence-electron chi connectivity index (χ2n) is 6.13. The summed E-state index contributed by atoms with van der Waals surface area (Å²) in [6.45, 7) is 6.32. The number of Topliss-reactive ketones (excluding diaryl/α,β-unsaturated/α-hetero) is 2. The van der Waals surface area contributed by atoms with Crippen LogP contribution in [-0.2, 0) is 4.74 Å². The maximum Gasteiger partial charge on any atom is 0.346 e. The van der Waals surface area contributed by atoms with Crippen LogP contribution in [0.5, 0.6) is 11.5 Å². The third kappa shape index (κ3) is 3.86. The monoisotopic (exact) mass is 373 g/mol. The molecule has 0 aliphatic heterocycles. The van der Waals surface area contributed by atoms with Gasteiger partial charge in [0.15, 0.2) is 11.9 Å². The van der Waals surface area contributed by atoms with Crippen molar-refractivity contribution < 1.29 is 28.6 Å². The smallest absolute Gasteiger partial charge is 0.346 e. The molecule has 1 N–H and O–H groups in total. The molecule has 1 aromatic heterocycles. The Morgan fingerprint density at radius 3 is 2.00 bits per heavy atom. The third-order valence-corrected chi connectivity index (χ3v) is 4.32. The van der Waals surface area contributed by atoms with Gasteiger partial charge in [0, 0.05) is 11.3 Å². The first kappa shape index (κ1) is 20.2. The van der Waals surface area contributed by atoms with Gasteiger partial charge in [-0.2, -0.15) is 0 Å².